The Morgan fingerprint density at radius 1 is 1.47 bits per heavy atom. The fourth-order valence-electron chi connectivity index (χ4n) is 2.26. The quantitative estimate of drug-likeness (QED) is 0.822. The fourth-order valence-corrected chi connectivity index (χ4v) is 2.26. The molecule has 3 nitrogen and oxygen atoms in total. The zero-order chi connectivity index (χ0) is 12.5. The third kappa shape index (κ3) is 2.17. The van der Waals surface area contributed by atoms with Gasteiger partial charge in [0.15, 0.2) is 0 Å². The van der Waals surface area contributed by atoms with E-state index in [1.165, 1.54) is 12.1 Å². The molecule has 0 radical (unpaired) electrons. The number of carboxylic acids is 1. The molecule has 4 heteroatoms. The van der Waals surface area contributed by atoms with Crippen molar-refractivity contribution in [3.8, 4) is 0 Å². The van der Waals surface area contributed by atoms with Gasteiger partial charge in [0.1, 0.15) is 11.2 Å². The first-order valence-corrected chi connectivity index (χ1v) is 5.78. The first kappa shape index (κ1) is 12.0. The third-order valence-corrected chi connectivity index (χ3v) is 3.48. The Labute approximate surface area is 99.4 Å². The molecule has 0 aromatic heterocycles. The highest BCUT2D eigenvalue weighted by Crippen LogP contribution is 2.42. The number of carbonyl (C=O) groups is 1. The van der Waals surface area contributed by atoms with E-state index in [4.69, 9.17) is 5.73 Å². The molecular formula is C13H16FNO2. The van der Waals surface area contributed by atoms with Crippen LogP contribution in [0.1, 0.15) is 24.8 Å². The van der Waals surface area contributed by atoms with Crippen LogP contribution in [0.3, 0.4) is 0 Å². The Balaban J connectivity index is 2.44. The summed E-state index contributed by atoms with van der Waals surface area (Å²) in [6.07, 6.45) is 2.47. The van der Waals surface area contributed by atoms with E-state index in [-0.39, 0.29) is 12.1 Å². The predicted octanol–water partition coefficient (Wildman–Crippen LogP) is 1.91. The molecule has 1 saturated carbocycles. The van der Waals surface area contributed by atoms with Crippen LogP contribution in [0, 0.1) is 11.7 Å². The molecule has 1 atom stereocenters. The molecule has 0 aliphatic heterocycles. The first-order valence-electron chi connectivity index (χ1n) is 5.78. The Hall–Kier alpha value is -1.42. The lowest BCUT2D eigenvalue weighted by atomic mass is 9.76. The van der Waals surface area contributed by atoms with Crippen molar-refractivity contribution in [1.82, 2.24) is 0 Å². The van der Waals surface area contributed by atoms with Crippen LogP contribution in [-0.4, -0.2) is 17.6 Å². The van der Waals surface area contributed by atoms with Crippen molar-refractivity contribution in [2.24, 2.45) is 11.7 Å². The van der Waals surface area contributed by atoms with Crippen LogP contribution in [-0.2, 0) is 10.2 Å². The summed E-state index contributed by atoms with van der Waals surface area (Å²) >= 11 is 0. The summed E-state index contributed by atoms with van der Waals surface area (Å²) in [6.45, 7) is -0.0697. The van der Waals surface area contributed by atoms with Crippen molar-refractivity contribution in [3.63, 3.8) is 0 Å². The summed E-state index contributed by atoms with van der Waals surface area (Å²) in [5.74, 6) is -1.15. The molecule has 0 amide bonds. The molecule has 1 aromatic carbocycles. The maximum Gasteiger partial charge on any atom is 0.315 e. The standard InChI is InChI=1S/C13H16FNO2/c14-11-4-2-1-3-10(11)13(8-15,12(16)17)7-9-5-6-9/h1-4,9H,5-8,15H2,(H,16,17). The Bertz CT molecular complexity index is 431. The molecule has 0 saturated heterocycles. The summed E-state index contributed by atoms with van der Waals surface area (Å²) in [5.41, 5.74) is 4.58. The average molecular weight is 237 g/mol. The second kappa shape index (κ2) is 4.45. The van der Waals surface area contributed by atoms with Gasteiger partial charge in [0.05, 0.1) is 0 Å². The molecule has 2 rings (SSSR count). The van der Waals surface area contributed by atoms with Crippen molar-refractivity contribution in [3.05, 3.63) is 35.6 Å². The van der Waals surface area contributed by atoms with Gasteiger partial charge in [0, 0.05) is 12.1 Å². The van der Waals surface area contributed by atoms with Gasteiger partial charge < -0.3 is 10.8 Å². The molecule has 3 N–H and O–H groups in total. The molecule has 0 bridgehead atoms. The number of halogens is 1. The van der Waals surface area contributed by atoms with Crippen molar-refractivity contribution in [2.75, 3.05) is 6.54 Å². The number of hydrogen-bond donors (Lipinski definition) is 2. The Morgan fingerprint density at radius 3 is 2.59 bits per heavy atom. The lowest BCUT2D eigenvalue weighted by molar-refractivity contribution is -0.144. The highest BCUT2D eigenvalue weighted by atomic mass is 19.1. The Kier molecular flexibility index (Phi) is 3.15. The van der Waals surface area contributed by atoms with Gasteiger partial charge in [-0.2, -0.15) is 0 Å². The zero-order valence-electron chi connectivity index (χ0n) is 9.53. The van der Waals surface area contributed by atoms with Gasteiger partial charge in [-0.25, -0.2) is 4.39 Å². The van der Waals surface area contributed by atoms with E-state index >= 15 is 0 Å². The monoisotopic (exact) mass is 237 g/mol. The van der Waals surface area contributed by atoms with E-state index in [1.807, 2.05) is 0 Å². The van der Waals surface area contributed by atoms with Gasteiger partial charge in [-0.15, -0.1) is 0 Å². The van der Waals surface area contributed by atoms with Crippen molar-refractivity contribution >= 4 is 5.97 Å². The van der Waals surface area contributed by atoms with Gasteiger partial charge in [0.2, 0.25) is 0 Å². The van der Waals surface area contributed by atoms with E-state index in [0.717, 1.165) is 12.8 Å². The van der Waals surface area contributed by atoms with Crippen LogP contribution in [0.5, 0.6) is 0 Å². The van der Waals surface area contributed by atoms with E-state index in [9.17, 15) is 14.3 Å². The van der Waals surface area contributed by atoms with E-state index in [2.05, 4.69) is 0 Å². The van der Waals surface area contributed by atoms with E-state index in [1.54, 1.807) is 12.1 Å². The summed E-state index contributed by atoms with van der Waals surface area (Å²) in [4.78, 5) is 11.5. The van der Waals surface area contributed by atoms with E-state index in [0.29, 0.717) is 12.3 Å². The van der Waals surface area contributed by atoms with Crippen LogP contribution in [0.2, 0.25) is 0 Å². The molecule has 0 spiro atoms. The van der Waals surface area contributed by atoms with Gasteiger partial charge in [0.25, 0.3) is 0 Å². The minimum atomic E-state index is -1.27. The fraction of sp³-hybridized carbons (Fsp3) is 0.462. The number of nitrogens with two attached hydrogens (primary N) is 1. The third-order valence-electron chi connectivity index (χ3n) is 3.48. The highest BCUT2D eigenvalue weighted by Gasteiger charge is 2.45. The zero-order valence-corrected chi connectivity index (χ0v) is 9.53. The minimum Gasteiger partial charge on any atom is -0.481 e. The topological polar surface area (TPSA) is 63.3 Å². The Morgan fingerprint density at radius 2 is 2.12 bits per heavy atom. The summed E-state index contributed by atoms with van der Waals surface area (Å²) in [7, 11) is 0. The van der Waals surface area contributed by atoms with Crippen LogP contribution in [0.15, 0.2) is 24.3 Å². The highest BCUT2D eigenvalue weighted by molar-refractivity contribution is 5.82. The van der Waals surface area contributed by atoms with Crippen LogP contribution < -0.4 is 5.73 Å². The normalized spacial score (nSPS) is 18.7. The number of carboxylic acid groups (broad SMARTS) is 1. The molecule has 1 fully saturated rings. The number of aliphatic carboxylic acids is 1. The smallest absolute Gasteiger partial charge is 0.315 e. The second-order valence-electron chi connectivity index (χ2n) is 4.72. The molecule has 1 aliphatic carbocycles. The first-order chi connectivity index (χ1) is 8.10. The van der Waals surface area contributed by atoms with Crippen molar-refractivity contribution in [2.45, 2.75) is 24.7 Å². The number of hydrogen-bond acceptors (Lipinski definition) is 2. The van der Waals surface area contributed by atoms with Gasteiger partial charge in [-0.1, -0.05) is 31.0 Å². The summed E-state index contributed by atoms with van der Waals surface area (Å²) < 4.78 is 13.8. The van der Waals surface area contributed by atoms with Crippen molar-refractivity contribution < 1.29 is 14.3 Å². The van der Waals surface area contributed by atoms with Crippen LogP contribution in [0.25, 0.3) is 0 Å². The van der Waals surface area contributed by atoms with Crippen LogP contribution >= 0.6 is 0 Å². The van der Waals surface area contributed by atoms with Gasteiger partial charge in [-0.05, 0) is 18.4 Å². The van der Waals surface area contributed by atoms with Crippen molar-refractivity contribution in [1.29, 1.82) is 0 Å². The molecule has 1 unspecified atom stereocenters. The maximum absolute atomic E-state index is 13.8. The molecule has 92 valence electrons. The maximum atomic E-state index is 13.8. The molecule has 17 heavy (non-hydrogen) atoms. The largest absolute Gasteiger partial charge is 0.481 e. The summed E-state index contributed by atoms with van der Waals surface area (Å²) in [6, 6.07) is 6.02. The lowest BCUT2D eigenvalue weighted by Gasteiger charge is -2.28. The lowest BCUT2D eigenvalue weighted by Crippen LogP contribution is -2.44. The number of rotatable bonds is 5. The molecule has 0 heterocycles. The molecule has 1 aliphatic rings. The average Bonchev–Trinajstić information content (AvgIpc) is 3.10. The van der Waals surface area contributed by atoms with Gasteiger partial charge >= 0.3 is 5.97 Å². The molecular weight excluding hydrogens is 221 g/mol. The number of benzene rings is 1. The SMILES string of the molecule is NCC(CC1CC1)(C(=O)O)c1ccccc1F. The predicted molar refractivity (Wildman–Crippen MR) is 62.1 cm³/mol. The van der Waals surface area contributed by atoms with E-state index < -0.39 is 17.2 Å². The second-order valence-corrected chi connectivity index (χ2v) is 4.72. The molecule has 1 aromatic rings. The summed E-state index contributed by atoms with van der Waals surface area (Å²) in [5, 5.41) is 9.43. The van der Waals surface area contributed by atoms with Crippen LogP contribution in [0.4, 0.5) is 4.39 Å². The minimum absolute atomic E-state index is 0.0697. The van der Waals surface area contributed by atoms with Gasteiger partial charge in [-0.3, -0.25) is 4.79 Å².